The number of carbonyl (C=O) groups excluding carboxylic acids is 1. The number of hydrogen-bond acceptors (Lipinski definition) is 3. The van der Waals surface area contributed by atoms with E-state index in [1.807, 2.05) is 0 Å². The first-order chi connectivity index (χ1) is 8.52. The van der Waals surface area contributed by atoms with Gasteiger partial charge >= 0.3 is 5.63 Å². The van der Waals surface area contributed by atoms with Gasteiger partial charge in [-0.25, -0.2) is 4.79 Å². The van der Waals surface area contributed by atoms with Crippen LogP contribution in [-0.4, -0.2) is 12.5 Å². The fraction of sp³-hybridized carbons (Fsp3) is 0.167. The lowest BCUT2D eigenvalue weighted by molar-refractivity contribution is 0.0952. The van der Waals surface area contributed by atoms with Crippen molar-refractivity contribution in [3.8, 4) is 0 Å². The third-order valence-electron chi connectivity index (χ3n) is 2.33. The van der Waals surface area contributed by atoms with Crippen LogP contribution >= 0.6 is 31.9 Å². The van der Waals surface area contributed by atoms with Crippen LogP contribution in [0.25, 0.3) is 11.0 Å². The van der Waals surface area contributed by atoms with Crippen LogP contribution in [0.5, 0.6) is 0 Å². The zero-order valence-electron chi connectivity index (χ0n) is 9.42. The number of hydrogen-bond donors (Lipinski definition) is 1. The van der Waals surface area contributed by atoms with Gasteiger partial charge in [0.1, 0.15) is 5.56 Å². The van der Waals surface area contributed by atoms with Crippen molar-refractivity contribution in [1.29, 1.82) is 0 Å². The fourth-order valence-electron chi connectivity index (χ4n) is 1.57. The summed E-state index contributed by atoms with van der Waals surface area (Å²) in [6, 6.07) is 5.09. The molecule has 1 aromatic carbocycles. The maximum atomic E-state index is 11.7. The first-order valence-electron chi connectivity index (χ1n) is 5.24. The molecule has 4 nitrogen and oxygen atoms in total. The van der Waals surface area contributed by atoms with Crippen molar-refractivity contribution >= 4 is 48.7 Å². The van der Waals surface area contributed by atoms with Crippen LogP contribution < -0.4 is 10.9 Å². The SMILES string of the molecule is CCNC(=O)c1cc2cc(Br)cc(Br)c2oc1=O. The molecule has 0 aliphatic heterocycles. The molecule has 94 valence electrons. The van der Waals surface area contributed by atoms with Crippen molar-refractivity contribution in [2.45, 2.75) is 6.92 Å². The van der Waals surface area contributed by atoms with E-state index in [0.717, 1.165) is 4.47 Å². The zero-order chi connectivity index (χ0) is 13.3. The van der Waals surface area contributed by atoms with Crippen molar-refractivity contribution in [3.63, 3.8) is 0 Å². The number of carbonyl (C=O) groups is 1. The first-order valence-corrected chi connectivity index (χ1v) is 6.82. The van der Waals surface area contributed by atoms with E-state index >= 15 is 0 Å². The van der Waals surface area contributed by atoms with E-state index in [9.17, 15) is 9.59 Å². The van der Waals surface area contributed by atoms with E-state index in [1.54, 1.807) is 19.1 Å². The lowest BCUT2D eigenvalue weighted by atomic mass is 10.2. The Bertz CT molecular complexity index is 679. The van der Waals surface area contributed by atoms with Gasteiger partial charge in [0.05, 0.1) is 4.47 Å². The average Bonchev–Trinajstić information content (AvgIpc) is 2.29. The molecular weight excluding hydrogens is 366 g/mol. The summed E-state index contributed by atoms with van der Waals surface area (Å²) in [5.74, 6) is -0.427. The lowest BCUT2D eigenvalue weighted by Crippen LogP contribution is -2.27. The molecular formula is C12H9Br2NO3. The van der Waals surface area contributed by atoms with E-state index in [-0.39, 0.29) is 5.56 Å². The Morgan fingerprint density at radius 1 is 1.33 bits per heavy atom. The predicted molar refractivity (Wildman–Crippen MR) is 75.9 cm³/mol. The number of benzene rings is 1. The minimum atomic E-state index is -0.642. The summed E-state index contributed by atoms with van der Waals surface area (Å²) in [5.41, 5.74) is -0.206. The standard InChI is InChI=1S/C12H9Br2NO3/c1-2-15-11(16)8-4-6-3-7(13)5-9(14)10(6)18-12(8)17/h3-5H,2H2,1H3,(H,15,16). The molecule has 2 aromatic rings. The molecule has 0 saturated carbocycles. The Kier molecular flexibility index (Phi) is 3.87. The molecule has 0 saturated heterocycles. The molecule has 0 atom stereocenters. The summed E-state index contributed by atoms with van der Waals surface area (Å²) in [5, 5.41) is 3.25. The second-order valence-electron chi connectivity index (χ2n) is 3.61. The van der Waals surface area contributed by atoms with E-state index in [4.69, 9.17) is 4.42 Å². The van der Waals surface area contributed by atoms with E-state index in [2.05, 4.69) is 37.2 Å². The molecule has 0 fully saturated rings. The molecule has 1 amide bonds. The normalized spacial score (nSPS) is 10.6. The Morgan fingerprint density at radius 2 is 2.06 bits per heavy atom. The largest absolute Gasteiger partial charge is 0.421 e. The molecule has 0 unspecified atom stereocenters. The van der Waals surface area contributed by atoms with Crippen molar-refractivity contribution in [2.24, 2.45) is 0 Å². The lowest BCUT2D eigenvalue weighted by Gasteiger charge is -2.04. The van der Waals surface area contributed by atoms with Crippen molar-refractivity contribution in [3.05, 3.63) is 43.1 Å². The fourth-order valence-corrected chi connectivity index (χ4v) is 2.91. The summed E-state index contributed by atoms with van der Waals surface area (Å²) < 4.78 is 6.65. The highest BCUT2D eigenvalue weighted by atomic mass is 79.9. The van der Waals surface area contributed by atoms with Crippen molar-refractivity contribution in [2.75, 3.05) is 6.54 Å². The summed E-state index contributed by atoms with van der Waals surface area (Å²) in [6.07, 6.45) is 0. The van der Waals surface area contributed by atoms with Crippen molar-refractivity contribution in [1.82, 2.24) is 5.32 Å². The van der Waals surface area contributed by atoms with Crippen molar-refractivity contribution < 1.29 is 9.21 Å². The molecule has 1 heterocycles. The monoisotopic (exact) mass is 373 g/mol. The highest BCUT2D eigenvalue weighted by Crippen LogP contribution is 2.27. The van der Waals surface area contributed by atoms with Gasteiger partial charge in [0.2, 0.25) is 0 Å². The third kappa shape index (κ3) is 2.49. The molecule has 1 N–H and O–H groups in total. The molecule has 18 heavy (non-hydrogen) atoms. The van der Waals surface area contributed by atoms with Crippen LogP contribution in [0.2, 0.25) is 0 Å². The number of fused-ring (bicyclic) bond motifs is 1. The number of nitrogens with one attached hydrogen (secondary N) is 1. The third-order valence-corrected chi connectivity index (χ3v) is 3.38. The predicted octanol–water partition coefficient (Wildman–Crippen LogP) is 3.07. The molecule has 0 bridgehead atoms. The molecule has 0 aliphatic carbocycles. The minimum absolute atomic E-state index is 0.00866. The second-order valence-corrected chi connectivity index (χ2v) is 5.38. The Balaban J connectivity index is 2.68. The zero-order valence-corrected chi connectivity index (χ0v) is 12.6. The maximum absolute atomic E-state index is 11.7. The van der Waals surface area contributed by atoms with Crippen LogP contribution in [-0.2, 0) is 0 Å². The summed E-state index contributed by atoms with van der Waals surface area (Å²) in [4.78, 5) is 23.4. The van der Waals surface area contributed by atoms with E-state index < -0.39 is 11.5 Å². The Hall–Kier alpha value is -1.14. The van der Waals surface area contributed by atoms with Gasteiger partial charge in [-0.05, 0) is 41.1 Å². The van der Waals surface area contributed by atoms with E-state index in [0.29, 0.717) is 22.0 Å². The van der Waals surface area contributed by atoms with E-state index in [1.165, 1.54) is 6.07 Å². The minimum Gasteiger partial charge on any atom is -0.421 e. The molecule has 0 radical (unpaired) electrons. The van der Waals surface area contributed by atoms with Gasteiger partial charge in [-0.2, -0.15) is 0 Å². The highest BCUT2D eigenvalue weighted by Gasteiger charge is 2.14. The summed E-state index contributed by atoms with van der Waals surface area (Å²) >= 11 is 6.65. The number of amides is 1. The average molecular weight is 375 g/mol. The van der Waals surface area contributed by atoms with Gasteiger partial charge in [0.15, 0.2) is 5.58 Å². The van der Waals surface area contributed by atoms with Crippen LogP contribution in [0, 0.1) is 0 Å². The van der Waals surface area contributed by atoms with Gasteiger partial charge in [-0.15, -0.1) is 0 Å². The molecule has 6 heteroatoms. The topological polar surface area (TPSA) is 59.3 Å². The highest BCUT2D eigenvalue weighted by molar-refractivity contribution is 9.11. The molecule has 0 spiro atoms. The number of halogens is 2. The van der Waals surface area contributed by atoms with Crippen LogP contribution in [0.15, 0.2) is 36.4 Å². The van der Waals surface area contributed by atoms with Crippen LogP contribution in [0.1, 0.15) is 17.3 Å². The quantitative estimate of drug-likeness (QED) is 0.822. The van der Waals surface area contributed by atoms with Gasteiger partial charge in [-0.1, -0.05) is 15.9 Å². The van der Waals surface area contributed by atoms with Gasteiger partial charge in [0, 0.05) is 16.4 Å². The molecule has 1 aromatic heterocycles. The smallest absolute Gasteiger partial charge is 0.349 e. The van der Waals surface area contributed by atoms with Gasteiger partial charge in [-0.3, -0.25) is 4.79 Å². The van der Waals surface area contributed by atoms with Crippen LogP contribution in [0.4, 0.5) is 0 Å². The Labute approximate surface area is 120 Å². The summed E-state index contributed by atoms with van der Waals surface area (Å²) in [6.45, 7) is 2.24. The number of rotatable bonds is 2. The first kappa shape index (κ1) is 13.3. The summed E-state index contributed by atoms with van der Waals surface area (Å²) in [7, 11) is 0. The van der Waals surface area contributed by atoms with Gasteiger partial charge < -0.3 is 9.73 Å². The molecule has 2 rings (SSSR count). The molecule has 0 aliphatic rings. The second kappa shape index (κ2) is 5.24. The maximum Gasteiger partial charge on any atom is 0.349 e. The van der Waals surface area contributed by atoms with Crippen LogP contribution in [0.3, 0.4) is 0 Å². The Morgan fingerprint density at radius 3 is 2.72 bits per heavy atom. The van der Waals surface area contributed by atoms with Gasteiger partial charge in [0.25, 0.3) is 5.91 Å².